The van der Waals surface area contributed by atoms with E-state index in [4.69, 9.17) is 14.6 Å². The molecule has 1 aliphatic heterocycles. The fraction of sp³-hybridized carbons (Fsp3) is 1.00. The van der Waals surface area contributed by atoms with Crippen LogP contribution >= 0.6 is 0 Å². The molecule has 0 saturated carbocycles. The molecule has 78 valence electrons. The number of hydrogen-bond acceptors (Lipinski definition) is 3. The van der Waals surface area contributed by atoms with E-state index < -0.39 is 5.79 Å². The molecule has 13 heavy (non-hydrogen) atoms. The topological polar surface area (TPSA) is 38.7 Å². The average molecular weight is 188 g/mol. The van der Waals surface area contributed by atoms with Crippen molar-refractivity contribution in [2.75, 3.05) is 13.2 Å². The third-order valence-corrected chi connectivity index (χ3v) is 2.75. The van der Waals surface area contributed by atoms with Gasteiger partial charge < -0.3 is 14.6 Å². The van der Waals surface area contributed by atoms with Crippen molar-refractivity contribution in [3.8, 4) is 0 Å². The number of aliphatic hydroxyl groups is 1. The Morgan fingerprint density at radius 1 is 1.46 bits per heavy atom. The quantitative estimate of drug-likeness (QED) is 0.714. The maximum absolute atomic E-state index is 8.76. The van der Waals surface area contributed by atoms with Gasteiger partial charge in [0.1, 0.15) is 0 Å². The zero-order valence-corrected chi connectivity index (χ0v) is 8.96. The van der Waals surface area contributed by atoms with Gasteiger partial charge in [-0.15, -0.1) is 0 Å². The van der Waals surface area contributed by atoms with Gasteiger partial charge in [-0.2, -0.15) is 0 Å². The molecule has 1 aliphatic rings. The third-order valence-electron chi connectivity index (χ3n) is 2.75. The van der Waals surface area contributed by atoms with Gasteiger partial charge in [-0.25, -0.2) is 0 Å². The summed E-state index contributed by atoms with van der Waals surface area (Å²) in [6.07, 6.45) is 0.709. The van der Waals surface area contributed by atoms with E-state index in [0.29, 0.717) is 13.0 Å². The molecule has 1 heterocycles. The molecule has 0 aromatic heterocycles. The van der Waals surface area contributed by atoms with E-state index >= 15 is 0 Å². The zero-order valence-electron chi connectivity index (χ0n) is 8.96. The number of aliphatic hydroxyl groups excluding tert-OH is 1. The SMILES string of the molecule is CC(C)(C)C1(C)OCC(CCO)O1. The Labute approximate surface area is 80.0 Å². The highest BCUT2D eigenvalue weighted by atomic mass is 16.7. The Bertz CT molecular complexity index is 173. The van der Waals surface area contributed by atoms with Crippen molar-refractivity contribution in [3.63, 3.8) is 0 Å². The summed E-state index contributed by atoms with van der Waals surface area (Å²) < 4.78 is 11.4. The van der Waals surface area contributed by atoms with Crippen LogP contribution in [0.4, 0.5) is 0 Å². The molecule has 2 unspecified atom stereocenters. The van der Waals surface area contributed by atoms with Crippen LogP contribution in [0.25, 0.3) is 0 Å². The van der Waals surface area contributed by atoms with Crippen LogP contribution in [0.15, 0.2) is 0 Å². The summed E-state index contributed by atoms with van der Waals surface area (Å²) in [5, 5.41) is 8.76. The highest BCUT2D eigenvalue weighted by Gasteiger charge is 2.46. The van der Waals surface area contributed by atoms with Crippen molar-refractivity contribution in [1.82, 2.24) is 0 Å². The molecule has 1 saturated heterocycles. The molecule has 3 nitrogen and oxygen atoms in total. The second kappa shape index (κ2) is 3.56. The third kappa shape index (κ3) is 2.22. The number of hydrogen-bond donors (Lipinski definition) is 1. The lowest BCUT2D eigenvalue weighted by Gasteiger charge is -2.36. The molecular weight excluding hydrogens is 168 g/mol. The van der Waals surface area contributed by atoms with Gasteiger partial charge in [0.15, 0.2) is 5.79 Å². The van der Waals surface area contributed by atoms with E-state index in [1.165, 1.54) is 0 Å². The van der Waals surface area contributed by atoms with Gasteiger partial charge in [0, 0.05) is 12.0 Å². The van der Waals surface area contributed by atoms with Crippen molar-refractivity contribution in [3.05, 3.63) is 0 Å². The van der Waals surface area contributed by atoms with Crippen LogP contribution in [0.2, 0.25) is 0 Å². The van der Waals surface area contributed by atoms with Gasteiger partial charge in [0.25, 0.3) is 0 Å². The Morgan fingerprint density at radius 2 is 2.08 bits per heavy atom. The second-order valence-corrected chi connectivity index (χ2v) is 4.76. The van der Waals surface area contributed by atoms with Crippen molar-refractivity contribution in [1.29, 1.82) is 0 Å². The summed E-state index contributed by atoms with van der Waals surface area (Å²) >= 11 is 0. The Morgan fingerprint density at radius 3 is 2.46 bits per heavy atom. The molecule has 1 fully saturated rings. The lowest BCUT2D eigenvalue weighted by molar-refractivity contribution is -0.218. The minimum Gasteiger partial charge on any atom is -0.396 e. The predicted octanol–water partition coefficient (Wildman–Crippen LogP) is 1.55. The standard InChI is InChI=1S/C10H20O3/c1-9(2,3)10(4)12-7-8(13-10)5-6-11/h8,11H,5-7H2,1-4H3. The average Bonchev–Trinajstić information content (AvgIpc) is 2.32. The Balaban J connectivity index is 2.56. The first-order chi connectivity index (χ1) is 5.89. The zero-order chi connectivity index (χ0) is 10.1. The summed E-state index contributed by atoms with van der Waals surface area (Å²) in [6, 6.07) is 0. The van der Waals surface area contributed by atoms with E-state index in [2.05, 4.69) is 20.8 Å². The normalized spacial score (nSPS) is 35.3. The van der Waals surface area contributed by atoms with E-state index in [-0.39, 0.29) is 18.1 Å². The molecule has 2 atom stereocenters. The molecule has 0 aromatic carbocycles. The van der Waals surface area contributed by atoms with Gasteiger partial charge in [-0.3, -0.25) is 0 Å². The van der Waals surface area contributed by atoms with Crippen LogP contribution in [0.3, 0.4) is 0 Å². The molecule has 0 spiro atoms. The fourth-order valence-corrected chi connectivity index (χ4v) is 1.32. The smallest absolute Gasteiger partial charge is 0.170 e. The van der Waals surface area contributed by atoms with Gasteiger partial charge in [-0.1, -0.05) is 20.8 Å². The Hall–Kier alpha value is -0.120. The van der Waals surface area contributed by atoms with E-state index in [0.717, 1.165) is 0 Å². The summed E-state index contributed by atoms with van der Waals surface area (Å²) in [5.41, 5.74) is -0.0305. The fourth-order valence-electron chi connectivity index (χ4n) is 1.32. The number of rotatable bonds is 2. The van der Waals surface area contributed by atoms with Gasteiger partial charge >= 0.3 is 0 Å². The molecule has 0 aromatic rings. The highest BCUT2D eigenvalue weighted by molar-refractivity contribution is 4.85. The van der Waals surface area contributed by atoms with Crippen LogP contribution in [0.1, 0.15) is 34.1 Å². The molecule has 0 amide bonds. The van der Waals surface area contributed by atoms with Crippen LogP contribution in [0.5, 0.6) is 0 Å². The Kier molecular flexibility index (Phi) is 3.00. The molecule has 0 radical (unpaired) electrons. The molecule has 3 heteroatoms. The van der Waals surface area contributed by atoms with Crippen molar-refractivity contribution in [2.45, 2.75) is 46.0 Å². The van der Waals surface area contributed by atoms with Crippen molar-refractivity contribution in [2.24, 2.45) is 5.41 Å². The maximum Gasteiger partial charge on any atom is 0.170 e. The lowest BCUT2D eigenvalue weighted by atomic mass is 9.87. The highest BCUT2D eigenvalue weighted by Crippen LogP contribution is 2.39. The molecular formula is C10H20O3. The maximum atomic E-state index is 8.76. The van der Waals surface area contributed by atoms with E-state index in [1.54, 1.807) is 0 Å². The van der Waals surface area contributed by atoms with Gasteiger partial charge in [0.2, 0.25) is 0 Å². The number of ether oxygens (including phenoxy) is 2. The van der Waals surface area contributed by atoms with E-state index in [9.17, 15) is 0 Å². The molecule has 1 N–H and O–H groups in total. The minimum absolute atomic E-state index is 0.0305. The first-order valence-corrected chi connectivity index (χ1v) is 4.82. The van der Waals surface area contributed by atoms with Gasteiger partial charge in [0.05, 0.1) is 12.7 Å². The predicted molar refractivity (Wildman–Crippen MR) is 50.4 cm³/mol. The monoisotopic (exact) mass is 188 g/mol. The van der Waals surface area contributed by atoms with Crippen molar-refractivity contribution >= 4 is 0 Å². The van der Waals surface area contributed by atoms with Crippen LogP contribution < -0.4 is 0 Å². The van der Waals surface area contributed by atoms with Crippen LogP contribution in [-0.2, 0) is 9.47 Å². The lowest BCUT2D eigenvalue weighted by Crippen LogP contribution is -2.41. The van der Waals surface area contributed by atoms with Crippen LogP contribution in [-0.4, -0.2) is 30.2 Å². The molecule has 0 bridgehead atoms. The summed E-state index contributed by atoms with van der Waals surface area (Å²) in [5.74, 6) is -0.507. The summed E-state index contributed by atoms with van der Waals surface area (Å²) in [6.45, 7) is 8.99. The first-order valence-electron chi connectivity index (χ1n) is 4.82. The second-order valence-electron chi connectivity index (χ2n) is 4.76. The van der Waals surface area contributed by atoms with Crippen molar-refractivity contribution < 1.29 is 14.6 Å². The van der Waals surface area contributed by atoms with E-state index in [1.807, 2.05) is 6.92 Å². The first kappa shape index (κ1) is 11.0. The summed E-state index contributed by atoms with van der Waals surface area (Å²) in [7, 11) is 0. The van der Waals surface area contributed by atoms with Crippen LogP contribution in [0, 0.1) is 5.41 Å². The van der Waals surface area contributed by atoms with Gasteiger partial charge in [-0.05, 0) is 13.3 Å². The molecule has 0 aliphatic carbocycles. The summed E-state index contributed by atoms with van der Waals surface area (Å²) in [4.78, 5) is 0. The molecule has 1 rings (SSSR count). The largest absolute Gasteiger partial charge is 0.396 e. The minimum atomic E-state index is -0.507.